The van der Waals surface area contributed by atoms with Gasteiger partial charge in [0, 0.05) is 18.7 Å². The maximum absolute atomic E-state index is 5.30. The van der Waals surface area contributed by atoms with Crippen LogP contribution in [0.1, 0.15) is 18.1 Å². The van der Waals surface area contributed by atoms with Crippen molar-refractivity contribution in [1.82, 2.24) is 5.32 Å². The van der Waals surface area contributed by atoms with Gasteiger partial charge in [0.25, 0.3) is 0 Å². The van der Waals surface area contributed by atoms with Gasteiger partial charge in [-0.3, -0.25) is 0 Å². The molecule has 0 bridgehead atoms. The Morgan fingerprint density at radius 3 is 2.80 bits per heavy atom. The largest absolute Gasteiger partial charge is 0.496 e. The lowest BCUT2D eigenvalue weighted by atomic mass is 10.1. The highest BCUT2D eigenvalue weighted by atomic mass is 16.5. The Bertz CT molecular complexity index is 344. The molecule has 82 valence electrons. The third kappa shape index (κ3) is 3.76. The number of hydrogen-bond donors (Lipinski definition) is 1. The van der Waals surface area contributed by atoms with E-state index in [0.29, 0.717) is 0 Å². The molecule has 0 saturated carbocycles. The molecule has 0 atom stereocenters. The van der Waals surface area contributed by atoms with Gasteiger partial charge in [-0.25, -0.2) is 0 Å². The molecule has 2 nitrogen and oxygen atoms in total. The minimum Gasteiger partial charge on any atom is -0.496 e. The van der Waals surface area contributed by atoms with Crippen LogP contribution in [0.25, 0.3) is 0 Å². The van der Waals surface area contributed by atoms with E-state index in [2.05, 4.69) is 31.0 Å². The van der Waals surface area contributed by atoms with Gasteiger partial charge < -0.3 is 10.1 Å². The first-order valence-corrected chi connectivity index (χ1v) is 5.12. The second-order valence-corrected chi connectivity index (χ2v) is 3.88. The number of aryl methyl sites for hydroxylation is 1. The average molecular weight is 205 g/mol. The summed E-state index contributed by atoms with van der Waals surface area (Å²) in [5.41, 5.74) is 3.59. The summed E-state index contributed by atoms with van der Waals surface area (Å²) in [5, 5.41) is 3.32. The predicted molar refractivity (Wildman–Crippen MR) is 64.3 cm³/mol. The normalized spacial score (nSPS) is 10.1. The summed E-state index contributed by atoms with van der Waals surface area (Å²) in [4.78, 5) is 0. The number of nitrogens with one attached hydrogen (secondary N) is 1. The minimum atomic E-state index is 0.817. The van der Waals surface area contributed by atoms with Gasteiger partial charge in [0.15, 0.2) is 0 Å². The van der Waals surface area contributed by atoms with Crippen LogP contribution in [-0.4, -0.2) is 13.7 Å². The third-order valence-electron chi connectivity index (χ3n) is 2.18. The zero-order valence-electron chi connectivity index (χ0n) is 9.76. The van der Waals surface area contributed by atoms with Crippen LogP contribution in [0.2, 0.25) is 0 Å². The molecule has 0 amide bonds. The van der Waals surface area contributed by atoms with E-state index in [9.17, 15) is 0 Å². The van der Waals surface area contributed by atoms with Gasteiger partial charge in [0.05, 0.1) is 7.11 Å². The number of methoxy groups -OCH3 is 1. The van der Waals surface area contributed by atoms with Crippen LogP contribution < -0.4 is 10.1 Å². The van der Waals surface area contributed by atoms with E-state index < -0.39 is 0 Å². The molecule has 0 aliphatic carbocycles. The van der Waals surface area contributed by atoms with Crippen molar-refractivity contribution in [3.8, 4) is 5.75 Å². The standard InChI is InChI=1S/C13H19NO/c1-10(2)8-14-9-12-7-11(3)5-6-13(12)15-4/h5-7,14H,1,8-9H2,2-4H3. The lowest BCUT2D eigenvalue weighted by molar-refractivity contribution is 0.408. The summed E-state index contributed by atoms with van der Waals surface area (Å²) >= 11 is 0. The molecule has 1 aromatic rings. The number of rotatable bonds is 5. The van der Waals surface area contributed by atoms with Crippen LogP contribution in [-0.2, 0) is 6.54 Å². The van der Waals surface area contributed by atoms with E-state index in [4.69, 9.17) is 4.74 Å². The number of ether oxygens (including phenoxy) is 1. The summed E-state index contributed by atoms with van der Waals surface area (Å²) in [6.07, 6.45) is 0. The van der Waals surface area contributed by atoms with Crippen LogP contribution >= 0.6 is 0 Å². The first-order chi connectivity index (χ1) is 7.13. The maximum atomic E-state index is 5.30. The lowest BCUT2D eigenvalue weighted by Crippen LogP contribution is -2.15. The molecule has 0 heterocycles. The highest BCUT2D eigenvalue weighted by Crippen LogP contribution is 2.19. The van der Waals surface area contributed by atoms with Gasteiger partial charge in [-0.2, -0.15) is 0 Å². The second-order valence-electron chi connectivity index (χ2n) is 3.88. The molecule has 0 unspecified atom stereocenters. The Morgan fingerprint density at radius 2 is 2.20 bits per heavy atom. The van der Waals surface area contributed by atoms with E-state index in [0.717, 1.165) is 24.4 Å². The van der Waals surface area contributed by atoms with Crippen molar-refractivity contribution < 1.29 is 4.74 Å². The Hall–Kier alpha value is -1.28. The van der Waals surface area contributed by atoms with Gasteiger partial charge in [-0.1, -0.05) is 29.8 Å². The summed E-state index contributed by atoms with van der Waals surface area (Å²) in [5.74, 6) is 0.940. The zero-order valence-corrected chi connectivity index (χ0v) is 9.76. The molecular formula is C13H19NO. The van der Waals surface area contributed by atoms with E-state index in [1.165, 1.54) is 11.1 Å². The van der Waals surface area contributed by atoms with Crippen LogP contribution in [0.5, 0.6) is 5.75 Å². The smallest absolute Gasteiger partial charge is 0.123 e. The molecule has 1 N–H and O–H groups in total. The van der Waals surface area contributed by atoms with Gasteiger partial charge in [-0.15, -0.1) is 0 Å². The highest BCUT2D eigenvalue weighted by molar-refractivity contribution is 5.36. The van der Waals surface area contributed by atoms with Crippen LogP contribution in [0.15, 0.2) is 30.4 Å². The first-order valence-electron chi connectivity index (χ1n) is 5.12. The van der Waals surface area contributed by atoms with Crippen molar-refractivity contribution in [3.05, 3.63) is 41.5 Å². The molecular weight excluding hydrogens is 186 g/mol. The van der Waals surface area contributed by atoms with Crippen LogP contribution in [0.3, 0.4) is 0 Å². The van der Waals surface area contributed by atoms with Crippen molar-refractivity contribution in [1.29, 1.82) is 0 Å². The second kappa shape index (κ2) is 5.56. The molecule has 0 spiro atoms. The summed E-state index contributed by atoms with van der Waals surface area (Å²) < 4.78 is 5.30. The Kier molecular flexibility index (Phi) is 4.37. The maximum Gasteiger partial charge on any atom is 0.123 e. The molecule has 0 aliphatic heterocycles. The van der Waals surface area contributed by atoms with Gasteiger partial charge >= 0.3 is 0 Å². The average Bonchev–Trinajstić information content (AvgIpc) is 2.17. The Labute approximate surface area is 92.0 Å². The molecule has 0 saturated heterocycles. The Morgan fingerprint density at radius 1 is 1.47 bits per heavy atom. The van der Waals surface area contributed by atoms with Crippen molar-refractivity contribution in [2.24, 2.45) is 0 Å². The molecule has 1 aromatic carbocycles. The summed E-state index contributed by atoms with van der Waals surface area (Å²) in [6.45, 7) is 9.61. The molecule has 0 radical (unpaired) electrons. The zero-order chi connectivity index (χ0) is 11.3. The van der Waals surface area contributed by atoms with E-state index in [-0.39, 0.29) is 0 Å². The van der Waals surface area contributed by atoms with E-state index >= 15 is 0 Å². The van der Waals surface area contributed by atoms with Crippen molar-refractivity contribution in [3.63, 3.8) is 0 Å². The van der Waals surface area contributed by atoms with Gasteiger partial charge in [-0.05, 0) is 19.9 Å². The summed E-state index contributed by atoms with van der Waals surface area (Å²) in [7, 11) is 1.70. The Balaban J connectivity index is 2.65. The monoisotopic (exact) mass is 205 g/mol. The predicted octanol–water partition coefficient (Wildman–Crippen LogP) is 2.67. The van der Waals surface area contributed by atoms with Crippen molar-refractivity contribution in [2.75, 3.05) is 13.7 Å². The highest BCUT2D eigenvalue weighted by Gasteiger charge is 2.02. The van der Waals surface area contributed by atoms with Gasteiger partial charge in [0.1, 0.15) is 5.75 Å². The van der Waals surface area contributed by atoms with E-state index in [1.807, 2.05) is 13.0 Å². The van der Waals surface area contributed by atoms with Crippen LogP contribution in [0.4, 0.5) is 0 Å². The SMILES string of the molecule is C=C(C)CNCc1cc(C)ccc1OC. The van der Waals surface area contributed by atoms with Crippen molar-refractivity contribution >= 4 is 0 Å². The molecule has 1 rings (SSSR count). The molecule has 0 aromatic heterocycles. The number of benzene rings is 1. The first kappa shape index (κ1) is 11.8. The summed E-state index contributed by atoms with van der Waals surface area (Å²) in [6, 6.07) is 6.21. The third-order valence-corrected chi connectivity index (χ3v) is 2.18. The fraction of sp³-hybridized carbons (Fsp3) is 0.385. The quantitative estimate of drug-likeness (QED) is 0.746. The topological polar surface area (TPSA) is 21.3 Å². The fourth-order valence-corrected chi connectivity index (χ4v) is 1.46. The lowest BCUT2D eigenvalue weighted by Gasteiger charge is -2.10. The molecule has 0 aliphatic rings. The fourth-order valence-electron chi connectivity index (χ4n) is 1.46. The van der Waals surface area contributed by atoms with Crippen LogP contribution in [0, 0.1) is 6.92 Å². The molecule has 2 heteroatoms. The number of hydrogen-bond acceptors (Lipinski definition) is 2. The van der Waals surface area contributed by atoms with Crippen molar-refractivity contribution in [2.45, 2.75) is 20.4 Å². The van der Waals surface area contributed by atoms with Gasteiger partial charge in [0.2, 0.25) is 0 Å². The molecule has 0 fully saturated rings. The molecule has 15 heavy (non-hydrogen) atoms. The van der Waals surface area contributed by atoms with E-state index in [1.54, 1.807) is 7.11 Å². The minimum absolute atomic E-state index is 0.817.